The van der Waals surface area contributed by atoms with E-state index in [0.29, 0.717) is 19.8 Å². The summed E-state index contributed by atoms with van der Waals surface area (Å²) in [7, 11) is 0. The second-order valence-electron chi connectivity index (χ2n) is 12.1. The van der Waals surface area contributed by atoms with Gasteiger partial charge in [-0.15, -0.1) is 0 Å². The summed E-state index contributed by atoms with van der Waals surface area (Å²) in [5.74, 6) is 0. The van der Waals surface area contributed by atoms with Crippen LogP contribution < -0.4 is 0 Å². The van der Waals surface area contributed by atoms with E-state index in [1.54, 1.807) is 6.92 Å². The first-order valence-electron chi connectivity index (χ1n) is 12.1. The fourth-order valence-electron chi connectivity index (χ4n) is 2.90. The summed E-state index contributed by atoms with van der Waals surface area (Å²) in [6.45, 7) is 29.4. The maximum atomic E-state index is 10.0. The van der Waals surface area contributed by atoms with Crippen molar-refractivity contribution in [3.8, 4) is 0 Å². The summed E-state index contributed by atoms with van der Waals surface area (Å²) in [4.78, 5) is 0. The zero-order valence-electron chi connectivity index (χ0n) is 23.5. The summed E-state index contributed by atoms with van der Waals surface area (Å²) in [5, 5.41) is 10.0. The molecule has 194 valence electrons. The molecular formula is C26H54O6. The first-order chi connectivity index (χ1) is 14.2. The molecule has 0 bridgehead atoms. The van der Waals surface area contributed by atoms with Crippen LogP contribution in [-0.2, 0) is 23.7 Å². The minimum atomic E-state index is -0.680. The average molecular weight is 463 g/mol. The highest BCUT2D eigenvalue weighted by molar-refractivity contribution is 4.82. The molecule has 6 heteroatoms. The Morgan fingerprint density at radius 1 is 0.688 bits per heavy atom. The molecule has 6 nitrogen and oxygen atoms in total. The van der Waals surface area contributed by atoms with Gasteiger partial charge in [-0.3, -0.25) is 0 Å². The van der Waals surface area contributed by atoms with Crippen molar-refractivity contribution >= 4 is 0 Å². The van der Waals surface area contributed by atoms with Crippen LogP contribution in [0.15, 0.2) is 0 Å². The second-order valence-corrected chi connectivity index (χ2v) is 12.1. The lowest BCUT2D eigenvalue weighted by atomic mass is 9.88. The highest BCUT2D eigenvalue weighted by atomic mass is 16.6. The molecule has 32 heavy (non-hydrogen) atoms. The minimum Gasteiger partial charge on any atom is -0.390 e. The van der Waals surface area contributed by atoms with Gasteiger partial charge in [0.25, 0.3) is 0 Å². The lowest BCUT2D eigenvalue weighted by Crippen LogP contribution is -2.47. The molecule has 0 aromatic rings. The summed E-state index contributed by atoms with van der Waals surface area (Å²) >= 11 is 0. The van der Waals surface area contributed by atoms with Crippen molar-refractivity contribution in [2.45, 2.75) is 144 Å². The van der Waals surface area contributed by atoms with E-state index >= 15 is 0 Å². The van der Waals surface area contributed by atoms with E-state index in [0.717, 1.165) is 0 Å². The molecule has 0 saturated carbocycles. The van der Waals surface area contributed by atoms with Crippen molar-refractivity contribution in [2.75, 3.05) is 19.8 Å². The number of ether oxygens (including phenoxy) is 5. The molecule has 0 fully saturated rings. The summed E-state index contributed by atoms with van der Waals surface area (Å²) in [6, 6.07) is 0. The van der Waals surface area contributed by atoms with Crippen LogP contribution in [0.3, 0.4) is 0 Å². The van der Waals surface area contributed by atoms with Crippen LogP contribution in [0.5, 0.6) is 0 Å². The third kappa shape index (κ3) is 12.3. The van der Waals surface area contributed by atoms with Crippen LogP contribution in [0.2, 0.25) is 0 Å². The molecule has 1 N–H and O–H groups in total. The Hall–Kier alpha value is -0.240. The van der Waals surface area contributed by atoms with Gasteiger partial charge in [0.1, 0.15) is 6.10 Å². The SMILES string of the molecule is CC(C)OC(C)C(C)(C)OC(COCC(C)(C)C(C)OC(C)(C)C)COC(C)(C)C(C)O. The summed E-state index contributed by atoms with van der Waals surface area (Å²) < 4.78 is 30.7. The fourth-order valence-corrected chi connectivity index (χ4v) is 2.90. The van der Waals surface area contributed by atoms with Gasteiger partial charge in [0.2, 0.25) is 0 Å². The molecule has 0 aromatic heterocycles. The van der Waals surface area contributed by atoms with Crippen LogP contribution in [-0.4, -0.2) is 72.3 Å². The number of aliphatic hydroxyl groups excluding tert-OH is 1. The molecule has 0 rings (SSSR count). The fraction of sp³-hybridized carbons (Fsp3) is 1.00. The van der Waals surface area contributed by atoms with Gasteiger partial charge in [-0.05, 0) is 83.1 Å². The largest absolute Gasteiger partial charge is 0.390 e. The predicted molar refractivity (Wildman–Crippen MR) is 131 cm³/mol. The molecule has 0 aliphatic heterocycles. The standard InChI is InChI=1S/C26H54O6/c1-18(2)30-21(5)26(13,14)32-22(16-29-25(11,12)19(3)27)15-28-17-24(9,10)20(4)31-23(6,7)8/h18-22,27H,15-17H2,1-14H3. The molecule has 0 aliphatic rings. The van der Waals surface area contributed by atoms with Crippen molar-refractivity contribution < 1.29 is 28.8 Å². The maximum Gasteiger partial charge on any atom is 0.105 e. The molecule has 0 aliphatic carbocycles. The van der Waals surface area contributed by atoms with Crippen molar-refractivity contribution in [1.82, 2.24) is 0 Å². The number of hydrogen-bond donors (Lipinski definition) is 1. The lowest BCUT2D eigenvalue weighted by Gasteiger charge is -2.39. The van der Waals surface area contributed by atoms with E-state index in [-0.39, 0.29) is 35.4 Å². The normalized spacial score (nSPS) is 18.0. The molecule has 0 amide bonds. The van der Waals surface area contributed by atoms with Gasteiger partial charge in [-0.1, -0.05) is 13.8 Å². The summed E-state index contributed by atoms with van der Waals surface area (Å²) in [5.41, 5.74) is -1.59. The van der Waals surface area contributed by atoms with Gasteiger partial charge < -0.3 is 28.8 Å². The monoisotopic (exact) mass is 462 g/mol. The first kappa shape index (κ1) is 31.8. The average Bonchev–Trinajstić information content (AvgIpc) is 2.56. The highest BCUT2D eigenvalue weighted by Gasteiger charge is 2.35. The van der Waals surface area contributed by atoms with Crippen molar-refractivity contribution in [1.29, 1.82) is 0 Å². The van der Waals surface area contributed by atoms with Gasteiger partial charge in [0.15, 0.2) is 0 Å². The van der Waals surface area contributed by atoms with Crippen molar-refractivity contribution in [3.05, 3.63) is 0 Å². The Morgan fingerprint density at radius 2 is 1.22 bits per heavy atom. The third-order valence-corrected chi connectivity index (χ3v) is 5.98. The molecule has 4 atom stereocenters. The molecule has 0 radical (unpaired) electrons. The Labute approximate surface area is 198 Å². The number of rotatable bonds is 15. The van der Waals surface area contributed by atoms with E-state index < -0.39 is 17.3 Å². The molecule has 0 heterocycles. The van der Waals surface area contributed by atoms with Crippen LogP contribution in [0.4, 0.5) is 0 Å². The van der Waals surface area contributed by atoms with Gasteiger partial charge in [0, 0.05) is 5.41 Å². The van der Waals surface area contributed by atoms with Crippen LogP contribution >= 0.6 is 0 Å². The van der Waals surface area contributed by atoms with Crippen molar-refractivity contribution in [2.24, 2.45) is 5.41 Å². The Morgan fingerprint density at radius 3 is 1.66 bits per heavy atom. The molecule has 0 spiro atoms. The van der Waals surface area contributed by atoms with Gasteiger partial charge in [-0.25, -0.2) is 0 Å². The zero-order chi connectivity index (χ0) is 25.5. The molecular weight excluding hydrogens is 408 g/mol. The van der Waals surface area contributed by atoms with Crippen molar-refractivity contribution in [3.63, 3.8) is 0 Å². The first-order valence-corrected chi connectivity index (χ1v) is 12.1. The van der Waals surface area contributed by atoms with Gasteiger partial charge in [0.05, 0.1) is 61.0 Å². The zero-order valence-corrected chi connectivity index (χ0v) is 23.5. The maximum absolute atomic E-state index is 10.0. The van der Waals surface area contributed by atoms with E-state index in [4.69, 9.17) is 23.7 Å². The quantitative estimate of drug-likeness (QED) is 0.352. The van der Waals surface area contributed by atoms with E-state index in [9.17, 15) is 5.11 Å². The topological polar surface area (TPSA) is 66.4 Å². The molecule has 0 saturated heterocycles. The molecule has 0 aromatic carbocycles. The van der Waals surface area contributed by atoms with Gasteiger partial charge in [-0.2, -0.15) is 0 Å². The smallest absolute Gasteiger partial charge is 0.105 e. The van der Waals surface area contributed by atoms with Crippen LogP contribution in [0.25, 0.3) is 0 Å². The Kier molecular flexibility index (Phi) is 12.4. The number of hydrogen-bond acceptors (Lipinski definition) is 6. The predicted octanol–water partition coefficient (Wildman–Crippen LogP) is 5.39. The highest BCUT2D eigenvalue weighted by Crippen LogP contribution is 2.28. The lowest BCUT2D eigenvalue weighted by molar-refractivity contribution is -0.203. The Bertz CT molecular complexity index is 519. The van der Waals surface area contributed by atoms with Gasteiger partial charge >= 0.3 is 0 Å². The van der Waals surface area contributed by atoms with E-state index in [1.807, 2.05) is 48.5 Å². The summed E-state index contributed by atoms with van der Waals surface area (Å²) in [6.07, 6.45) is -0.877. The number of aliphatic hydroxyl groups is 1. The second kappa shape index (κ2) is 12.5. The Balaban J connectivity index is 5.20. The minimum absolute atomic E-state index is 0.0307. The third-order valence-electron chi connectivity index (χ3n) is 5.98. The van der Waals surface area contributed by atoms with Crippen LogP contribution in [0, 0.1) is 5.41 Å². The van der Waals surface area contributed by atoms with E-state index in [2.05, 4.69) is 41.5 Å². The van der Waals surface area contributed by atoms with Crippen LogP contribution in [0.1, 0.15) is 96.9 Å². The van der Waals surface area contributed by atoms with E-state index in [1.165, 1.54) is 0 Å². The molecule has 4 unspecified atom stereocenters.